The second kappa shape index (κ2) is 15.5. The lowest BCUT2D eigenvalue weighted by Gasteiger charge is -2.71. The van der Waals surface area contributed by atoms with Crippen LogP contribution >= 0.6 is 0 Å². The van der Waals surface area contributed by atoms with Crippen LogP contribution in [-0.4, -0.2) is 46.6 Å². The van der Waals surface area contributed by atoms with E-state index in [1.807, 2.05) is 0 Å². The zero-order chi connectivity index (χ0) is 37.3. The molecular formula is C47H66O6. The minimum atomic E-state index is -1.38. The fourth-order valence-electron chi connectivity index (χ4n) is 13.2. The van der Waals surface area contributed by atoms with Gasteiger partial charge in [0.15, 0.2) is 0 Å². The first kappa shape index (κ1) is 38.6. The molecule has 6 heteroatoms. The molecule has 7 rings (SSSR count). The summed E-state index contributed by atoms with van der Waals surface area (Å²) in [6.45, 7) is 7.12. The zero-order valence-corrected chi connectivity index (χ0v) is 32.9. The Balaban J connectivity index is 1.25. The molecule has 8 atom stereocenters. The Morgan fingerprint density at radius 2 is 1.66 bits per heavy atom. The van der Waals surface area contributed by atoms with Gasteiger partial charge in [0.05, 0.1) is 23.5 Å². The second-order valence-corrected chi connectivity index (χ2v) is 19.1. The quantitative estimate of drug-likeness (QED) is 0.165. The highest BCUT2D eigenvalue weighted by molar-refractivity contribution is 5.85. The lowest BCUT2D eigenvalue weighted by molar-refractivity contribution is -0.315. The number of cyclic esters (lactones) is 1. The molecule has 0 radical (unpaired) electrons. The SMILES string of the molecule is CC(CCCc1ccccc1)CCCC12C(O)CCC(C)(C3CCC4(CCCC4)CC3)C1C1CC(C)(C#CCCC(=O)O1)C2(O)CCC1=CC(=O)OC1. The van der Waals surface area contributed by atoms with Crippen LogP contribution in [0.5, 0.6) is 0 Å². The molecule has 1 spiro atoms. The molecule has 1 aromatic carbocycles. The molecular weight excluding hydrogens is 661 g/mol. The van der Waals surface area contributed by atoms with Gasteiger partial charge in [0.2, 0.25) is 0 Å². The number of hydrogen-bond acceptors (Lipinski definition) is 6. The van der Waals surface area contributed by atoms with Crippen molar-refractivity contribution in [2.24, 2.45) is 39.4 Å². The molecule has 53 heavy (non-hydrogen) atoms. The third-order valence-corrected chi connectivity index (χ3v) is 16.0. The van der Waals surface area contributed by atoms with Crippen molar-refractivity contribution in [1.82, 2.24) is 0 Å². The molecule has 4 aliphatic carbocycles. The van der Waals surface area contributed by atoms with Crippen LogP contribution in [0.4, 0.5) is 0 Å². The Morgan fingerprint density at radius 1 is 0.925 bits per heavy atom. The van der Waals surface area contributed by atoms with Crippen LogP contribution in [0.1, 0.15) is 155 Å². The molecule has 0 amide bonds. The third-order valence-electron chi connectivity index (χ3n) is 16.0. The molecule has 0 saturated heterocycles. The van der Waals surface area contributed by atoms with Crippen LogP contribution in [0.15, 0.2) is 42.0 Å². The molecule has 2 aliphatic heterocycles. The van der Waals surface area contributed by atoms with E-state index in [1.54, 1.807) is 6.08 Å². The summed E-state index contributed by atoms with van der Waals surface area (Å²) in [4.78, 5) is 25.7. The first-order chi connectivity index (χ1) is 25.4. The van der Waals surface area contributed by atoms with E-state index in [9.17, 15) is 19.8 Å². The van der Waals surface area contributed by atoms with Gasteiger partial charge in [-0.3, -0.25) is 4.79 Å². The van der Waals surface area contributed by atoms with Gasteiger partial charge < -0.3 is 19.7 Å². The number of ether oxygens (including phenoxy) is 2. The van der Waals surface area contributed by atoms with E-state index < -0.39 is 28.6 Å². The van der Waals surface area contributed by atoms with Gasteiger partial charge >= 0.3 is 11.9 Å². The number of rotatable bonds is 12. The lowest BCUT2D eigenvalue weighted by atomic mass is 9.35. The Labute approximate surface area is 319 Å². The minimum absolute atomic E-state index is 0.202. The maximum absolute atomic E-state index is 13.9. The second-order valence-electron chi connectivity index (χ2n) is 19.1. The largest absolute Gasteiger partial charge is 0.462 e. The summed E-state index contributed by atoms with van der Waals surface area (Å²) in [6, 6.07) is 10.7. The number of carbonyl (C=O) groups excluding carboxylic acids is 2. The molecule has 4 saturated carbocycles. The van der Waals surface area contributed by atoms with E-state index in [1.165, 1.54) is 56.9 Å². The fraction of sp³-hybridized carbons (Fsp3) is 0.745. The highest BCUT2D eigenvalue weighted by Gasteiger charge is 2.75. The van der Waals surface area contributed by atoms with E-state index in [-0.39, 0.29) is 36.3 Å². The number of aliphatic hydroxyl groups is 2. The van der Waals surface area contributed by atoms with Crippen LogP contribution in [0.2, 0.25) is 0 Å². The topological polar surface area (TPSA) is 93.1 Å². The average molecular weight is 727 g/mol. The van der Waals surface area contributed by atoms with Crippen molar-refractivity contribution in [1.29, 1.82) is 0 Å². The predicted octanol–water partition coefficient (Wildman–Crippen LogP) is 9.44. The standard InChI is InChI=1S/C47H66O6/c1-34(13-11-17-35-15-5-4-6-16-35)14-12-26-46-39(48)22-27-44(3,37-20-28-45(29-21-37)24-9-10-25-45)42(46)38-32-43(2,23-8-7-18-40(49)53-38)47(46,51)30-19-36-31-41(50)52-33-36/h4-6,15-16,31,34,37-39,42,48,51H,7,9-14,17-22,24-30,32-33H2,1-3H3. The number of esters is 2. The van der Waals surface area contributed by atoms with Gasteiger partial charge in [-0.2, -0.15) is 0 Å². The van der Waals surface area contributed by atoms with E-state index >= 15 is 0 Å². The molecule has 6 nitrogen and oxygen atoms in total. The van der Waals surface area contributed by atoms with Crippen LogP contribution in [0.3, 0.4) is 0 Å². The molecule has 0 aromatic heterocycles. The van der Waals surface area contributed by atoms with Crippen molar-refractivity contribution in [3.8, 4) is 11.8 Å². The summed E-state index contributed by atoms with van der Waals surface area (Å²) in [5.74, 6) is 7.09. The molecule has 1 aromatic rings. The van der Waals surface area contributed by atoms with Gasteiger partial charge in [0.1, 0.15) is 12.7 Å². The van der Waals surface area contributed by atoms with Crippen molar-refractivity contribution in [2.45, 2.75) is 173 Å². The van der Waals surface area contributed by atoms with Crippen LogP contribution in [0.25, 0.3) is 0 Å². The summed E-state index contributed by atoms with van der Waals surface area (Å²) >= 11 is 0. The smallest absolute Gasteiger partial charge is 0.331 e. The first-order valence-electron chi connectivity index (χ1n) is 21.4. The maximum Gasteiger partial charge on any atom is 0.331 e. The Morgan fingerprint density at radius 3 is 2.38 bits per heavy atom. The number of fused-ring (bicyclic) bond motifs is 4. The Bertz CT molecular complexity index is 1560. The average Bonchev–Trinajstić information content (AvgIpc) is 3.79. The summed E-state index contributed by atoms with van der Waals surface area (Å²) in [5, 5.41) is 26.7. The van der Waals surface area contributed by atoms with Crippen molar-refractivity contribution in [2.75, 3.05) is 6.61 Å². The number of carbonyl (C=O) groups is 2. The summed E-state index contributed by atoms with van der Waals surface area (Å²) in [6.07, 6.45) is 20.0. The summed E-state index contributed by atoms with van der Waals surface area (Å²) < 4.78 is 11.9. The van der Waals surface area contributed by atoms with Crippen molar-refractivity contribution >= 4 is 11.9 Å². The summed E-state index contributed by atoms with van der Waals surface area (Å²) in [7, 11) is 0. The number of aryl methyl sites for hydroxylation is 1. The normalized spacial score (nSPS) is 37.3. The van der Waals surface area contributed by atoms with Gasteiger partial charge in [0.25, 0.3) is 0 Å². The van der Waals surface area contributed by atoms with E-state index in [0.717, 1.165) is 44.1 Å². The van der Waals surface area contributed by atoms with Crippen molar-refractivity contribution in [3.63, 3.8) is 0 Å². The van der Waals surface area contributed by atoms with Crippen LogP contribution < -0.4 is 0 Å². The van der Waals surface area contributed by atoms with E-state index in [4.69, 9.17) is 9.47 Å². The third kappa shape index (κ3) is 7.28. The molecule has 8 unspecified atom stereocenters. The predicted molar refractivity (Wildman–Crippen MR) is 207 cm³/mol. The highest BCUT2D eigenvalue weighted by atomic mass is 16.5. The Hall–Kier alpha value is -2.62. The Kier molecular flexibility index (Phi) is 11.3. The summed E-state index contributed by atoms with van der Waals surface area (Å²) in [5.41, 5.74) is -0.683. The van der Waals surface area contributed by atoms with E-state index in [2.05, 4.69) is 62.9 Å². The first-order valence-corrected chi connectivity index (χ1v) is 21.4. The minimum Gasteiger partial charge on any atom is -0.462 e. The molecule has 2 heterocycles. The van der Waals surface area contributed by atoms with Gasteiger partial charge in [0, 0.05) is 30.3 Å². The molecule has 4 fully saturated rings. The lowest BCUT2D eigenvalue weighted by Crippen LogP contribution is -2.76. The van der Waals surface area contributed by atoms with Crippen LogP contribution in [-0.2, 0) is 25.5 Å². The van der Waals surface area contributed by atoms with Crippen molar-refractivity contribution in [3.05, 3.63) is 47.5 Å². The van der Waals surface area contributed by atoms with Gasteiger partial charge in [-0.05, 0) is 124 Å². The number of aliphatic hydroxyl groups excluding tert-OH is 1. The van der Waals surface area contributed by atoms with E-state index in [0.29, 0.717) is 55.8 Å². The van der Waals surface area contributed by atoms with Crippen molar-refractivity contribution < 1.29 is 29.3 Å². The molecule has 2 N–H and O–H groups in total. The number of benzene rings is 1. The highest BCUT2D eigenvalue weighted by Crippen LogP contribution is 2.72. The van der Waals surface area contributed by atoms with Gasteiger partial charge in [-0.15, -0.1) is 5.92 Å². The van der Waals surface area contributed by atoms with Gasteiger partial charge in [-0.25, -0.2) is 4.79 Å². The zero-order valence-electron chi connectivity index (χ0n) is 32.9. The molecule has 2 bridgehead atoms. The molecule has 6 aliphatic rings. The van der Waals surface area contributed by atoms with Crippen LogP contribution in [0, 0.1) is 51.3 Å². The monoisotopic (exact) mass is 726 g/mol. The number of hydrogen-bond donors (Lipinski definition) is 2. The van der Waals surface area contributed by atoms with Gasteiger partial charge in [-0.1, -0.05) is 82.2 Å². The fourth-order valence-corrected chi connectivity index (χ4v) is 13.2. The molecule has 290 valence electrons. The maximum atomic E-state index is 13.9.